The van der Waals surface area contributed by atoms with E-state index in [0.717, 1.165) is 48.1 Å². The summed E-state index contributed by atoms with van der Waals surface area (Å²) in [4.78, 5) is 14.5. The zero-order valence-corrected chi connectivity index (χ0v) is 15.1. The molecule has 1 aliphatic rings. The smallest absolute Gasteiger partial charge is 0.276 e. The predicted molar refractivity (Wildman–Crippen MR) is 92.9 cm³/mol. The Morgan fingerprint density at radius 3 is 2.65 bits per heavy atom. The molecule has 0 bridgehead atoms. The van der Waals surface area contributed by atoms with Crippen LogP contribution in [0.5, 0.6) is 0 Å². The summed E-state index contributed by atoms with van der Waals surface area (Å²) in [6.45, 7) is 2.88. The molecule has 0 aliphatic heterocycles. The molecule has 3 rings (SSSR count). The van der Waals surface area contributed by atoms with Crippen LogP contribution in [0.3, 0.4) is 0 Å². The van der Waals surface area contributed by atoms with Gasteiger partial charge in [0.1, 0.15) is 0 Å². The molecule has 6 heteroatoms. The molecule has 0 radical (unpaired) electrons. The number of unbranched alkanes of at least 4 members (excludes halogenated alkanes) is 1. The molecule has 0 saturated heterocycles. The molecular formula is C17H21BrN4O. The van der Waals surface area contributed by atoms with Crippen LogP contribution < -0.4 is 0 Å². The number of rotatable bonds is 6. The average Bonchev–Trinajstić information content (AvgIpc) is 3.31. The van der Waals surface area contributed by atoms with Gasteiger partial charge in [-0.3, -0.25) is 4.79 Å². The highest BCUT2D eigenvalue weighted by atomic mass is 79.9. The Hall–Kier alpha value is -1.69. The van der Waals surface area contributed by atoms with Crippen molar-refractivity contribution >= 4 is 21.8 Å². The Balaban J connectivity index is 1.93. The minimum absolute atomic E-state index is 0.0243. The highest BCUT2D eigenvalue weighted by Crippen LogP contribution is 2.42. The molecule has 5 nitrogen and oxygen atoms in total. The number of amides is 1. The van der Waals surface area contributed by atoms with Crippen molar-refractivity contribution in [1.29, 1.82) is 0 Å². The maximum atomic E-state index is 12.7. The summed E-state index contributed by atoms with van der Waals surface area (Å²) in [5.41, 5.74) is 2.41. The van der Waals surface area contributed by atoms with Crippen molar-refractivity contribution in [2.75, 3.05) is 13.6 Å². The fourth-order valence-electron chi connectivity index (χ4n) is 2.62. The standard InChI is InChI=1S/C17H21BrN4O/c1-3-4-11-21(2)17(23)15-16(12-5-6-12)22(20-19-15)14-9-7-13(18)8-10-14/h7-10,12H,3-6,11H2,1-2H3. The molecule has 23 heavy (non-hydrogen) atoms. The van der Waals surface area contributed by atoms with Gasteiger partial charge in [0, 0.05) is 24.0 Å². The van der Waals surface area contributed by atoms with Gasteiger partial charge in [0.15, 0.2) is 5.69 Å². The molecule has 0 N–H and O–H groups in total. The monoisotopic (exact) mass is 376 g/mol. The van der Waals surface area contributed by atoms with Crippen LogP contribution in [0.2, 0.25) is 0 Å². The largest absolute Gasteiger partial charge is 0.340 e. The number of carbonyl (C=O) groups excluding carboxylic acids is 1. The van der Waals surface area contributed by atoms with Crippen molar-refractivity contribution in [3.8, 4) is 5.69 Å². The van der Waals surface area contributed by atoms with E-state index in [1.165, 1.54) is 0 Å². The van der Waals surface area contributed by atoms with E-state index in [1.54, 1.807) is 4.90 Å². The second kappa shape index (κ2) is 6.83. The number of carbonyl (C=O) groups is 1. The maximum absolute atomic E-state index is 12.7. The van der Waals surface area contributed by atoms with Gasteiger partial charge in [0.05, 0.1) is 11.4 Å². The second-order valence-corrected chi connectivity index (χ2v) is 6.98. The first-order chi connectivity index (χ1) is 11.1. The van der Waals surface area contributed by atoms with E-state index >= 15 is 0 Å². The fraction of sp³-hybridized carbons (Fsp3) is 0.471. The Labute approximate surface area is 144 Å². The van der Waals surface area contributed by atoms with E-state index in [-0.39, 0.29) is 5.91 Å². The first-order valence-corrected chi connectivity index (χ1v) is 8.88. The third-order valence-electron chi connectivity index (χ3n) is 4.14. The number of aromatic nitrogens is 3. The van der Waals surface area contributed by atoms with Crippen LogP contribution in [0.25, 0.3) is 5.69 Å². The summed E-state index contributed by atoms with van der Waals surface area (Å²) in [5.74, 6) is 0.371. The lowest BCUT2D eigenvalue weighted by Gasteiger charge is -2.16. The molecule has 1 aliphatic carbocycles. The molecule has 0 unspecified atom stereocenters. The van der Waals surface area contributed by atoms with Gasteiger partial charge < -0.3 is 4.90 Å². The molecule has 2 aromatic rings. The Bertz CT molecular complexity index is 691. The van der Waals surface area contributed by atoms with Crippen molar-refractivity contribution in [2.45, 2.75) is 38.5 Å². The Kier molecular flexibility index (Phi) is 4.80. The highest BCUT2D eigenvalue weighted by molar-refractivity contribution is 9.10. The number of halogens is 1. The fourth-order valence-corrected chi connectivity index (χ4v) is 2.88. The third kappa shape index (κ3) is 3.47. The zero-order valence-electron chi connectivity index (χ0n) is 13.5. The first-order valence-electron chi connectivity index (χ1n) is 8.08. The topological polar surface area (TPSA) is 51.0 Å². The molecular weight excluding hydrogens is 356 g/mol. The van der Waals surface area contributed by atoms with Gasteiger partial charge in [-0.05, 0) is 43.5 Å². The molecule has 1 fully saturated rings. The van der Waals surface area contributed by atoms with Crippen LogP contribution in [0.15, 0.2) is 28.7 Å². The number of hydrogen-bond acceptors (Lipinski definition) is 3. The molecule has 1 heterocycles. The summed E-state index contributed by atoms with van der Waals surface area (Å²) in [5, 5.41) is 8.48. The SMILES string of the molecule is CCCCN(C)C(=O)c1nnn(-c2ccc(Br)cc2)c1C1CC1. The quantitative estimate of drug-likeness (QED) is 0.770. The molecule has 122 valence electrons. The Morgan fingerprint density at radius 1 is 1.35 bits per heavy atom. The number of hydrogen-bond donors (Lipinski definition) is 0. The van der Waals surface area contributed by atoms with Crippen LogP contribution in [0.1, 0.15) is 54.7 Å². The van der Waals surface area contributed by atoms with Crippen LogP contribution >= 0.6 is 15.9 Å². The van der Waals surface area contributed by atoms with E-state index in [0.29, 0.717) is 11.6 Å². The van der Waals surface area contributed by atoms with Crippen LogP contribution in [-0.2, 0) is 0 Å². The van der Waals surface area contributed by atoms with Gasteiger partial charge in [0.2, 0.25) is 0 Å². The summed E-state index contributed by atoms with van der Waals surface area (Å²) >= 11 is 3.44. The average molecular weight is 377 g/mol. The molecule has 1 aromatic carbocycles. The van der Waals surface area contributed by atoms with Crippen molar-refractivity contribution in [3.63, 3.8) is 0 Å². The molecule has 1 amide bonds. The van der Waals surface area contributed by atoms with E-state index in [4.69, 9.17) is 0 Å². The van der Waals surface area contributed by atoms with Crippen molar-refractivity contribution in [2.24, 2.45) is 0 Å². The second-order valence-electron chi connectivity index (χ2n) is 6.07. The summed E-state index contributed by atoms with van der Waals surface area (Å²) in [6.07, 6.45) is 4.27. The maximum Gasteiger partial charge on any atom is 0.276 e. The van der Waals surface area contributed by atoms with Gasteiger partial charge in [0.25, 0.3) is 5.91 Å². The van der Waals surface area contributed by atoms with E-state index in [2.05, 4.69) is 33.2 Å². The van der Waals surface area contributed by atoms with Gasteiger partial charge in [-0.2, -0.15) is 0 Å². The van der Waals surface area contributed by atoms with E-state index in [1.807, 2.05) is 36.0 Å². The van der Waals surface area contributed by atoms with E-state index < -0.39 is 0 Å². The predicted octanol–water partition coefficient (Wildman–Crippen LogP) is 3.78. The summed E-state index contributed by atoms with van der Waals surface area (Å²) in [7, 11) is 1.84. The number of nitrogens with zero attached hydrogens (tertiary/aromatic N) is 4. The minimum Gasteiger partial charge on any atom is -0.340 e. The minimum atomic E-state index is -0.0243. The van der Waals surface area contributed by atoms with Crippen molar-refractivity contribution < 1.29 is 4.79 Å². The molecule has 1 saturated carbocycles. The van der Waals surface area contributed by atoms with Gasteiger partial charge in [-0.1, -0.05) is 34.5 Å². The van der Waals surface area contributed by atoms with Crippen LogP contribution in [0, 0.1) is 0 Å². The summed E-state index contributed by atoms with van der Waals surface area (Å²) in [6, 6.07) is 7.92. The van der Waals surface area contributed by atoms with Crippen molar-refractivity contribution in [1.82, 2.24) is 19.9 Å². The zero-order chi connectivity index (χ0) is 16.4. The lowest BCUT2D eigenvalue weighted by atomic mass is 10.2. The van der Waals surface area contributed by atoms with Crippen molar-refractivity contribution in [3.05, 3.63) is 40.1 Å². The Morgan fingerprint density at radius 2 is 2.04 bits per heavy atom. The van der Waals surface area contributed by atoms with Crippen LogP contribution in [-0.4, -0.2) is 39.4 Å². The van der Waals surface area contributed by atoms with Gasteiger partial charge in [-0.25, -0.2) is 4.68 Å². The summed E-state index contributed by atoms with van der Waals surface area (Å²) < 4.78 is 2.84. The number of benzene rings is 1. The normalized spacial score (nSPS) is 14.0. The molecule has 0 atom stereocenters. The lowest BCUT2D eigenvalue weighted by molar-refractivity contribution is 0.0786. The van der Waals surface area contributed by atoms with Gasteiger partial charge >= 0.3 is 0 Å². The van der Waals surface area contributed by atoms with Gasteiger partial charge in [-0.15, -0.1) is 5.10 Å². The van der Waals surface area contributed by atoms with Crippen LogP contribution in [0.4, 0.5) is 0 Å². The third-order valence-corrected chi connectivity index (χ3v) is 4.67. The lowest BCUT2D eigenvalue weighted by Crippen LogP contribution is -2.29. The highest BCUT2D eigenvalue weighted by Gasteiger charge is 2.35. The molecule has 1 aromatic heterocycles. The van der Waals surface area contributed by atoms with E-state index in [9.17, 15) is 4.79 Å². The first kappa shape index (κ1) is 16.2. The molecule has 0 spiro atoms.